The van der Waals surface area contributed by atoms with E-state index in [1.807, 2.05) is 6.92 Å². The number of carbonyl (C=O) groups is 1. The molecule has 0 aromatic rings. The number of nitrogens with two attached hydrogens (primary N) is 1. The van der Waals surface area contributed by atoms with Gasteiger partial charge in [0.15, 0.2) is 0 Å². The van der Waals surface area contributed by atoms with Crippen molar-refractivity contribution in [2.75, 3.05) is 13.7 Å². The third-order valence-electron chi connectivity index (χ3n) is 1.78. The van der Waals surface area contributed by atoms with Crippen molar-refractivity contribution in [3.05, 3.63) is 36.0 Å². The molecule has 14 heavy (non-hydrogen) atoms. The lowest BCUT2D eigenvalue weighted by molar-refractivity contribution is -0.135. The number of esters is 1. The Hall–Kier alpha value is -1.35. The Morgan fingerprint density at radius 1 is 1.57 bits per heavy atom. The second-order valence-electron chi connectivity index (χ2n) is 2.82. The highest BCUT2D eigenvalue weighted by atomic mass is 16.5. The van der Waals surface area contributed by atoms with Gasteiger partial charge in [-0.1, -0.05) is 24.3 Å². The standard InChI is InChI=1S/C11H17NO2/c1-4-5-6-10(11(13)14-3)9(2)7-8-12/h4-6H,1,7-8,12H2,2-3H3/b6-5-,10-9-. The molecule has 0 unspecified atom stereocenters. The van der Waals surface area contributed by atoms with Gasteiger partial charge in [0.25, 0.3) is 0 Å². The summed E-state index contributed by atoms with van der Waals surface area (Å²) in [6.45, 7) is 5.93. The van der Waals surface area contributed by atoms with Crippen molar-refractivity contribution in [1.29, 1.82) is 0 Å². The summed E-state index contributed by atoms with van der Waals surface area (Å²) >= 11 is 0. The van der Waals surface area contributed by atoms with E-state index in [0.29, 0.717) is 18.5 Å². The molecule has 2 N–H and O–H groups in total. The molecule has 0 fully saturated rings. The molecule has 78 valence electrons. The Labute approximate surface area is 84.9 Å². The molecule has 0 aliphatic heterocycles. The first-order valence-electron chi connectivity index (χ1n) is 4.44. The Morgan fingerprint density at radius 3 is 2.64 bits per heavy atom. The van der Waals surface area contributed by atoms with Crippen molar-refractivity contribution in [1.82, 2.24) is 0 Å². The van der Waals surface area contributed by atoms with Crippen LogP contribution in [0.3, 0.4) is 0 Å². The average molecular weight is 195 g/mol. The van der Waals surface area contributed by atoms with Gasteiger partial charge >= 0.3 is 5.97 Å². The minimum absolute atomic E-state index is 0.339. The highest BCUT2D eigenvalue weighted by Crippen LogP contribution is 2.11. The van der Waals surface area contributed by atoms with Gasteiger partial charge in [0.05, 0.1) is 12.7 Å². The first kappa shape index (κ1) is 12.7. The summed E-state index contributed by atoms with van der Waals surface area (Å²) in [5.74, 6) is -0.339. The van der Waals surface area contributed by atoms with Gasteiger partial charge in [-0.05, 0) is 26.0 Å². The van der Waals surface area contributed by atoms with Crippen molar-refractivity contribution >= 4 is 5.97 Å². The fraction of sp³-hybridized carbons (Fsp3) is 0.364. The van der Waals surface area contributed by atoms with Gasteiger partial charge in [-0.15, -0.1) is 0 Å². The van der Waals surface area contributed by atoms with E-state index in [2.05, 4.69) is 11.3 Å². The lowest BCUT2D eigenvalue weighted by atomic mass is 10.1. The zero-order chi connectivity index (χ0) is 11.0. The quantitative estimate of drug-likeness (QED) is 0.411. The smallest absolute Gasteiger partial charge is 0.337 e. The molecular formula is C11H17NO2. The Bertz CT molecular complexity index is 264. The monoisotopic (exact) mass is 195 g/mol. The maximum Gasteiger partial charge on any atom is 0.337 e. The SMILES string of the molecule is C=C/C=C\C(C(=O)OC)=C(/C)CCN. The predicted octanol–water partition coefficient (Wildman–Crippen LogP) is 1.57. The first-order valence-corrected chi connectivity index (χ1v) is 4.44. The zero-order valence-corrected chi connectivity index (χ0v) is 8.75. The maximum absolute atomic E-state index is 11.3. The molecule has 0 radical (unpaired) electrons. The fourth-order valence-corrected chi connectivity index (χ4v) is 1.01. The Balaban J connectivity index is 4.86. The molecule has 0 rings (SSSR count). The van der Waals surface area contributed by atoms with Crippen LogP contribution >= 0.6 is 0 Å². The third kappa shape index (κ3) is 4.05. The molecule has 0 saturated heterocycles. The summed E-state index contributed by atoms with van der Waals surface area (Å²) in [6, 6.07) is 0. The highest BCUT2D eigenvalue weighted by molar-refractivity contribution is 5.92. The Morgan fingerprint density at radius 2 is 2.21 bits per heavy atom. The van der Waals surface area contributed by atoms with Gasteiger partial charge in [0.1, 0.15) is 0 Å². The van der Waals surface area contributed by atoms with Crippen LogP contribution in [0.1, 0.15) is 13.3 Å². The summed E-state index contributed by atoms with van der Waals surface area (Å²) in [5, 5.41) is 0. The predicted molar refractivity (Wildman–Crippen MR) is 57.7 cm³/mol. The molecule has 0 saturated carbocycles. The van der Waals surface area contributed by atoms with E-state index in [9.17, 15) is 4.79 Å². The lowest BCUT2D eigenvalue weighted by Crippen LogP contribution is -2.07. The molecule has 0 aliphatic rings. The number of ether oxygens (including phenoxy) is 1. The van der Waals surface area contributed by atoms with Gasteiger partial charge in [0, 0.05) is 0 Å². The molecular weight excluding hydrogens is 178 g/mol. The van der Waals surface area contributed by atoms with E-state index in [1.165, 1.54) is 7.11 Å². The summed E-state index contributed by atoms with van der Waals surface area (Å²) in [4.78, 5) is 11.3. The largest absolute Gasteiger partial charge is 0.465 e. The molecule has 0 aromatic heterocycles. The minimum atomic E-state index is -0.339. The van der Waals surface area contributed by atoms with Crippen LogP contribution in [-0.2, 0) is 9.53 Å². The molecule has 0 spiro atoms. The normalized spacial score (nSPS) is 12.5. The first-order chi connectivity index (χ1) is 6.67. The highest BCUT2D eigenvalue weighted by Gasteiger charge is 2.08. The topological polar surface area (TPSA) is 52.3 Å². The Kier molecular flexibility index (Phi) is 6.41. The van der Waals surface area contributed by atoms with Gasteiger partial charge in [-0.2, -0.15) is 0 Å². The van der Waals surface area contributed by atoms with E-state index >= 15 is 0 Å². The van der Waals surface area contributed by atoms with Crippen LogP contribution in [0.4, 0.5) is 0 Å². The lowest BCUT2D eigenvalue weighted by Gasteiger charge is -2.05. The van der Waals surface area contributed by atoms with Gasteiger partial charge in [0.2, 0.25) is 0 Å². The van der Waals surface area contributed by atoms with Crippen LogP contribution in [0.2, 0.25) is 0 Å². The molecule has 3 nitrogen and oxygen atoms in total. The van der Waals surface area contributed by atoms with E-state index in [0.717, 1.165) is 5.57 Å². The van der Waals surface area contributed by atoms with Crippen LogP contribution in [0.5, 0.6) is 0 Å². The van der Waals surface area contributed by atoms with Crippen molar-refractivity contribution in [2.45, 2.75) is 13.3 Å². The van der Waals surface area contributed by atoms with Crippen LogP contribution in [0.25, 0.3) is 0 Å². The van der Waals surface area contributed by atoms with Crippen molar-refractivity contribution in [3.8, 4) is 0 Å². The maximum atomic E-state index is 11.3. The second-order valence-corrected chi connectivity index (χ2v) is 2.82. The molecule has 0 bridgehead atoms. The number of rotatable bonds is 5. The number of methoxy groups -OCH3 is 1. The minimum Gasteiger partial charge on any atom is -0.465 e. The van der Waals surface area contributed by atoms with Crippen molar-refractivity contribution < 1.29 is 9.53 Å². The zero-order valence-electron chi connectivity index (χ0n) is 8.75. The van der Waals surface area contributed by atoms with E-state index in [-0.39, 0.29) is 5.97 Å². The van der Waals surface area contributed by atoms with Gasteiger partial charge in [-0.3, -0.25) is 0 Å². The van der Waals surface area contributed by atoms with Gasteiger partial charge in [-0.25, -0.2) is 4.79 Å². The van der Waals surface area contributed by atoms with Crippen molar-refractivity contribution in [2.24, 2.45) is 5.73 Å². The van der Waals surface area contributed by atoms with Crippen LogP contribution < -0.4 is 5.73 Å². The van der Waals surface area contributed by atoms with E-state index < -0.39 is 0 Å². The summed E-state index contributed by atoms with van der Waals surface area (Å²) in [7, 11) is 1.36. The van der Waals surface area contributed by atoms with E-state index in [4.69, 9.17) is 5.73 Å². The summed E-state index contributed by atoms with van der Waals surface area (Å²) in [5.41, 5.74) is 6.89. The molecule has 0 amide bonds. The molecule has 0 atom stereocenters. The van der Waals surface area contributed by atoms with Crippen molar-refractivity contribution in [3.63, 3.8) is 0 Å². The van der Waals surface area contributed by atoms with Crippen LogP contribution in [0.15, 0.2) is 36.0 Å². The number of carbonyl (C=O) groups excluding carboxylic acids is 1. The number of hydrogen-bond acceptors (Lipinski definition) is 3. The van der Waals surface area contributed by atoms with Gasteiger partial charge < -0.3 is 10.5 Å². The summed E-state index contributed by atoms with van der Waals surface area (Å²) < 4.78 is 4.65. The number of allylic oxidation sites excluding steroid dienone is 2. The number of hydrogen-bond donors (Lipinski definition) is 1. The average Bonchev–Trinajstić information content (AvgIpc) is 2.18. The van der Waals surface area contributed by atoms with Crippen LogP contribution in [0, 0.1) is 0 Å². The van der Waals surface area contributed by atoms with Crippen LogP contribution in [-0.4, -0.2) is 19.6 Å². The van der Waals surface area contributed by atoms with E-state index in [1.54, 1.807) is 18.2 Å². The fourth-order valence-electron chi connectivity index (χ4n) is 1.01. The third-order valence-corrected chi connectivity index (χ3v) is 1.78. The molecule has 0 heterocycles. The summed E-state index contributed by atoms with van der Waals surface area (Å²) in [6.07, 6.45) is 5.68. The molecule has 0 aromatic carbocycles. The second kappa shape index (κ2) is 7.09. The molecule has 3 heteroatoms. The molecule has 0 aliphatic carbocycles.